The summed E-state index contributed by atoms with van der Waals surface area (Å²) in [5.41, 5.74) is -2.99. The highest BCUT2D eigenvalue weighted by molar-refractivity contribution is 5.83. The number of likely N-dealkylation sites (tertiary alicyclic amines) is 1. The van der Waals surface area contributed by atoms with Crippen LogP contribution < -0.4 is 5.32 Å². The molecule has 11 heteroatoms. The Bertz CT molecular complexity index is 1040. The topological polar surface area (TPSA) is 54.5 Å². The van der Waals surface area contributed by atoms with Crippen molar-refractivity contribution >= 4 is 5.91 Å². The zero-order chi connectivity index (χ0) is 27.4. The number of alkyl halides is 6. The summed E-state index contributed by atoms with van der Waals surface area (Å²) in [5, 5.41) is 2.66. The minimum absolute atomic E-state index is 0.0877. The average Bonchev–Trinajstić information content (AvgIpc) is 2.88. The summed E-state index contributed by atoms with van der Waals surface area (Å²) in [6.45, 7) is 3.34. The second-order valence-electron chi connectivity index (χ2n) is 10.3. The van der Waals surface area contributed by atoms with Gasteiger partial charge in [-0.3, -0.25) is 9.78 Å². The molecule has 0 saturated carbocycles. The summed E-state index contributed by atoms with van der Waals surface area (Å²) < 4.78 is 85.0. The van der Waals surface area contributed by atoms with Crippen LogP contribution in [0, 0.1) is 11.3 Å². The molecule has 0 aliphatic carbocycles. The van der Waals surface area contributed by atoms with E-state index in [0.29, 0.717) is 50.4 Å². The van der Waals surface area contributed by atoms with Gasteiger partial charge in [0.15, 0.2) is 0 Å². The smallest absolute Gasteiger partial charge is 0.381 e. The summed E-state index contributed by atoms with van der Waals surface area (Å²) in [7, 11) is 0. The predicted molar refractivity (Wildman–Crippen MR) is 128 cm³/mol. The van der Waals surface area contributed by atoms with Gasteiger partial charge in [0.25, 0.3) is 0 Å². The summed E-state index contributed by atoms with van der Waals surface area (Å²) in [6, 6.07) is 5.02. The maximum Gasteiger partial charge on any atom is 0.416 e. The molecular weight excluding hydrogens is 512 g/mol. The number of aromatic nitrogens is 1. The monoisotopic (exact) mass is 543 g/mol. The molecule has 0 bridgehead atoms. The van der Waals surface area contributed by atoms with E-state index < -0.39 is 35.4 Å². The van der Waals surface area contributed by atoms with Crippen molar-refractivity contribution in [2.45, 2.75) is 51.0 Å². The molecule has 2 aromatic rings. The minimum atomic E-state index is -4.94. The number of carbonyl (C=O) groups excluding carboxylic acids is 1. The Morgan fingerprint density at radius 3 is 2.08 bits per heavy atom. The number of hydrogen-bond acceptors (Lipinski definition) is 4. The highest BCUT2D eigenvalue weighted by atomic mass is 19.4. The Morgan fingerprint density at radius 1 is 0.947 bits per heavy atom. The SMILES string of the molecule is O=C(NCc1cc(C(F)(F)F)cc(C(F)(F)F)c1)C1(Cc2ccncc2)CCN(CC2CCOCC2)CC1. The number of nitrogens with one attached hydrogen (secondary N) is 1. The zero-order valence-corrected chi connectivity index (χ0v) is 20.9. The Balaban J connectivity index is 1.49. The Labute approximate surface area is 217 Å². The number of halogens is 6. The van der Waals surface area contributed by atoms with E-state index in [1.807, 2.05) is 12.1 Å². The van der Waals surface area contributed by atoms with Crippen molar-refractivity contribution in [3.63, 3.8) is 0 Å². The fraction of sp³-hybridized carbons (Fsp3) is 0.556. The van der Waals surface area contributed by atoms with Crippen molar-refractivity contribution in [3.8, 4) is 0 Å². The highest BCUT2D eigenvalue weighted by Gasteiger charge is 2.42. The second kappa shape index (κ2) is 11.6. The molecule has 5 nitrogen and oxygen atoms in total. The molecule has 2 saturated heterocycles. The summed E-state index contributed by atoms with van der Waals surface area (Å²) in [4.78, 5) is 19.9. The molecule has 0 spiro atoms. The van der Waals surface area contributed by atoms with Gasteiger partial charge in [-0.25, -0.2) is 0 Å². The standard InChI is InChI=1S/C27H31F6N3O2/c28-26(29,30)22-13-21(14-23(15-22)27(31,32)33)17-35-24(37)25(16-19-1-7-34-8-2-19)5-9-36(10-6-25)18-20-3-11-38-12-4-20/h1-2,7-8,13-15,20H,3-6,9-12,16-18H2,(H,35,37). The number of carbonyl (C=O) groups is 1. The first-order chi connectivity index (χ1) is 17.9. The van der Waals surface area contributed by atoms with Crippen LogP contribution in [-0.2, 0) is 34.8 Å². The van der Waals surface area contributed by atoms with Gasteiger partial charge in [0.05, 0.1) is 16.5 Å². The van der Waals surface area contributed by atoms with Gasteiger partial charge in [-0.1, -0.05) is 0 Å². The fourth-order valence-corrected chi connectivity index (χ4v) is 5.32. The molecule has 2 aliphatic rings. The van der Waals surface area contributed by atoms with E-state index in [2.05, 4.69) is 15.2 Å². The lowest BCUT2D eigenvalue weighted by Crippen LogP contribution is -2.50. The molecule has 1 N–H and O–H groups in total. The van der Waals surface area contributed by atoms with Crippen LogP contribution in [0.25, 0.3) is 0 Å². The van der Waals surface area contributed by atoms with E-state index in [-0.39, 0.29) is 17.5 Å². The first kappa shape index (κ1) is 28.4. The molecule has 1 aromatic carbocycles. The van der Waals surface area contributed by atoms with Crippen molar-refractivity contribution < 1.29 is 35.9 Å². The quantitative estimate of drug-likeness (QED) is 0.470. The van der Waals surface area contributed by atoms with Gasteiger partial charge in [0.1, 0.15) is 0 Å². The molecule has 0 atom stereocenters. The van der Waals surface area contributed by atoms with Gasteiger partial charge in [-0.2, -0.15) is 26.3 Å². The van der Waals surface area contributed by atoms with Gasteiger partial charge >= 0.3 is 12.4 Å². The summed E-state index contributed by atoms with van der Waals surface area (Å²) in [6.07, 6.45) is -3.18. The number of amides is 1. The molecule has 1 amide bonds. The summed E-state index contributed by atoms with van der Waals surface area (Å²) >= 11 is 0. The van der Waals surface area contributed by atoms with Gasteiger partial charge in [0.2, 0.25) is 5.91 Å². The van der Waals surface area contributed by atoms with Crippen LogP contribution in [0.4, 0.5) is 26.3 Å². The van der Waals surface area contributed by atoms with E-state index in [0.717, 1.165) is 38.2 Å². The van der Waals surface area contributed by atoms with E-state index in [4.69, 9.17) is 4.74 Å². The van der Waals surface area contributed by atoms with E-state index >= 15 is 0 Å². The number of nitrogens with zero attached hydrogens (tertiary/aromatic N) is 2. The van der Waals surface area contributed by atoms with Crippen LogP contribution in [0.5, 0.6) is 0 Å². The minimum Gasteiger partial charge on any atom is -0.381 e. The first-order valence-corrected chi connectivity index (χ1v) is 12.7. The molecular formula is C27H31F6N3O2. The van der Waals surface area contributed by atoms with Crippen LogP contribution in [0.15, 0.2) is 42.7 Å². The lowest BCUT2D eigenvalue weighted by Gasteiger charge is -2.42. The van der Waals surface area contributed by atoms with Crippen LogP contribution in [-0.4, -0.2) is 48.6 Å². The van der Waals surface area contributed by atoms with Crippen LogP contribution in [0.1, 0.15) is 47.9 Å². The largest absolute Gasteiger partial charge is 0.416 e. The molecule has 0 radical (unpaired) electrons. The zero-order valence-electron chi connectivity index (χ0n) is 20.9. The molecule has 38 heavy (non-hydrogen) atoms. The number of pyridine rings is 1. The van der Waals surface area contributed by atoms with Crippen molar-refractivity contribution in [2.24, 2.45) is 11.3 Å². The second-order valence-corrected chi connectivity index (χ2v) is 10.3. The molecule has 4 rings (SSSR count). The van der Waals surface area contributed by atoms with Crippen LogP contribution in [0.2, 0.25) is 0 Å². The lowest BCUT2D eigenvalue weighted by atomic mass is 9.72. The van der Waals surface area contributed by atoms with Gasteiger partial charge in [-0.15, -0.1) is 0 Å². The fourth-order valence-electron chi connectivity index (χ4n) is 5.32. The maximum absolute atomic E-state index is 13.6. The molecule has 1 aromatic heterocycles. The Hall–Kier alpha value is -2.66. The van der Waals surface area contributed by atoms with Gasteiger partial charge in [-0.05, 0) is 92.6 Å². The third-order valence-electron chi connectivity index (χ3n) is 7.54. The van der Waals surface area contributed by atoms with Crippen molar-refractivity contribution in [3.05, 3.63) is 65.0 Å². The molecule has 208 valence electrons. The molecule has 2 fully saturated rings. The Kier molecular flexibility index (Phi) is 8.66. The predicted octanol–water partition coefficient (Wildman–Crippen LogP) is 5.49. The van der Waals surface area contributed by atoms with Crippen LogP contribution in [0.3, 0.4) is 0 Å². The number of benzene rings is 1. The summed E-state index contributed by atoms with van der Waals surface area (Å²) in [5.74, 6) is 0.167. The Morgan fingerprint density at radius 2 is 1.53 bits per heavy atom. The normalized spacial score (nSPS) is 19.3. The third kappa shape index (κ3) is 7.25. The third-order valence-corrected chi connectivity index (χ3v) is 7.54. The lowest BCUT2D eigenvalue weighted by molar-refractivity contribution is -0.143. The maximum atomic E-state index is 13.6. The average molecular weight is 544 g/mol. The molecule has 2 aliphatic heterocycles. The number of ether oxygens (including phenoxy) is 1. The number of hydrogen-bond donors (Lipinski definition) is 1. The highest BCUT2D eigenvalue weighted by Crippen LogP contribution is 2.38. The van der Waals surface area contributed by atoms with Crippen molar-refractivity contribution in [1.82, 2.24) is 15.2 Å². The number of piperidine rings is 1. The molecule has 3 heterocycles. The van der Waals surface area contributed by atoms with E-state index in [1.54, 1.807) is 12.4 Å². The first-order valence-electron chi connectivity index (χ1n) is 12.7. The van der Waals surface area contributed by atoms with E-state index in [9.17, 15) is 31.1 Å². The van der Waals surface area contributed by atoms with E-state index in [1.165, 1.54) is 0 Å². The van der Waals surface area contributed by atoms with Crippen molar-refractivity contribution in [1.29, 1.82) is 0 Å². The van der Waals surface area contributed by atoms with Crippen LogP contribution >= 0.6 is 0 Å². The van der Waals surface area contributed by atoms with Gasteiger partial charge < -0.3 is 15.0 Å². The van der Waals surface area contributed by atoms with Gasteiger partial charge in [0, 0.05) is 38.7 Å². The molecule has 0 unspecified atom stereocenters. The van der Waals surface area contributed by atoms with Crippen molar-refractivity contribution in [2.75, 3.05) is 32.8 Å². The number of rotatable bonds is 7.